The molecule has 0 saturated heterocycles. The predicted octanol–water partition coefficient (Wildman–Crippen LogP) is 4.72. The maximum atomic E-state index is 11.3. The van der Waals surface area contributed by atoms with Crippen LogP contribution in [0.2, 0.25) is 0 Å². The molecule has 7 heteroatoms. The molecule has 0 spiro atoms. The minimum Gasteiger partial charge on any atom is -0.478 e. The number of thiazole rings is 1. The molecule has 3 aromatic rings. The normalized spacial score (nSPS) is 10.9. The average Bonchev–Trinajstić information content (AvgIpc) is 3.04. The fourth-order valence-electron chi connectivity index (χ4n) is 2.10. The highest BCUT2D eigenvalue weighted by Gasteiger charge is 2.12. The van der Waals surface area contributed by atoms with E-state index in [-0.39, 0.29) is 5.56 Å². The summed E-state index contributed by atoms with van der Waals surface area (Å²) in [5, 5.41) is 15.9. The second kappa shape index (κ2) is 7.37. The van der Waals surface area contributed by atoms with Gasteiger partial charge in [0, 0.05) is 21.0 Å². The van der Waals surface area contributed by atoms with E-state index in [2.05, 4.69) is 31.4 Å². The van der Waals surface area contributed by atoms with Gasteiger partial charge in [-0.15, -0.1) is 11.3 Å². The van der Waals surface area contributed by atoms with Crippen molar-refractivity contribution >= 4 is 44.6 Å². The van der Waals surface area contributed by atoms with Gasteiger partial charge in [-0.3, -0.25) is 5.43 Å². The van der Waals surface area contributed by atoms with Gasteiger partial charge < -0.3 is 5.11 Å². The lowest BCUT2D eigenvalue weighted by Crippen LogP contribution is -2.03. The van der Waals surface area contributed by atoms with Crippen molar-refractivity contribution in [2.45, 2.75) is 0 Å². The second-order valence-electron chi connectivity index (χ2n) is 4.78. The molecule has 0 amide bonds. The van der Waals surface area contributed by atoms with Gasteiger partial charge in [0.05, 0.1) is 17.5 Å². The molecule has 2 N–H and O–H groups in total. The Hall–Kier alpha value is -2.51. The van der Waals surface area contributed by atoms with Gasteiger partial charge in [-0.2, -0.15) is 5.10 Å². The minimum atomic E-state index is -1.01. The summed E-state index contributed by atoms with van der Waals surface area (Å²) in [6.07, 6.45) is 1.47. The number of aromatic carboxylic acids is 1. The zero-order valence-electron chi connectivity index (χ0n) is 12.3. The van der Waals surface area contributed by atoms with Crippen molar-refractivity contribution in [3.63, 3.8) is 0 Å². The van der Waals surface area contributed by atoms with E-state index in [9.17, 15) is 9.90 Å². The van der Waals surface area contributed by atoms with Crippen LogP contribution in [0.15, 0.2) is 63.5 Å². The monoisotopic (exact) mass is 401 g/mol. The molecule has 0 radical (unpaired) electrons. The van der Waals surface area contributed by atoms with Crippen molar-refractivity contribution in [2.24, 2.45) is 5.10 Å². The fourth-order valence-corrected chi connectivity index (χ4v) is 3.32. The fraction of sp³-hybridized carbons (Fsp3) is 0. The quantitative estimate of drug-likeness (QED) is 0.479. The molecule has 0 fully saturated rings. The molecular weight excluding hydrogens is 390 g/mol. The summed E-state index contributed by atoms with van der Waals surface area (Å²) in [7, 11) is 0. The number of nitrogens with zero attached hydrogens (tertiary/aromatic N) is 2. The Morgan fingerprint density at radius 2 is 2.00 bits per heavy atom. The number of halogens is 1. The number of anilines is 1. The molecule has 0 aliphatic heterocycles. The van der Waals surface area contributed by atoms with Gasteiger partial charge >= 0.3 is 5.97 Å². The molecule has 0 aliphatic carbocycles. The third-order valence-corrected chi connectivity index (χ3v) is 4.61. The maximum absolute atomic E-state index is 11.3. The van der Waals surface area contributed by atoms with Crippen molar-refractivity contribution in [1.29, 1.82) is 0 Å². The second-order valence-corrected chi connectivity index (χ2v) is 6.50. The summed E-state index contributed by atoms with van der Waals surface area (Å²) in [6.45, 7) is 0. The van der Waals surface area contributed by atoms with E-state index in [4.69, 9.17) is 0 Å². The summed E-state index contributed by atoms with van der Waals surface area (Å²) in [6, 6.07) is 15.0. The Bertz CT molecular complexity index is 894. The van der Waals surface area contributed by atoms with Crippen molar-refractivity contribution in [3.05, 3.63) is 69.5 Å². The number of carboxylic acids is 1. The van der Waals surface area contributed by atoms with Crippen LogP contribution < -0.4 is 5.43 Å². The SMILES string of the molecule is O=C(O)c1c(Br)cccc1C=NNc1nc(-c2ccccc2)cs1. The molecule has 3 rings (SSSR count). The lowest BCUT2D eigenvalue weighted by molar-refractivity contribution is 0.0696. The number of hydrogen-bond acceptors (Lipinski definition) is 5. The number of nitrogens with one attached hydrogen (secondary N) is 1. The summed E-state index contributed by atoms with van der Waals surface area (Å²) in [5.41, 5.74) is 5.42. The van der Waals surface area contributed by atoms with Crippen LogP contribution in [0.4, 0.5) is 5.13 Å². The smallest absolute Gasteiger partial charge is 0.337 e. The standard InChI is InChI=1S/C17H12BrN3O2S/c18-13-8-4-7-12(15(13)16(22)23)9-19-21-17-20-14(10-24-17)11-5-2-1-3-6-11/h1-10H,(H,20,21)(H,22,23). The molecule has 24 heavy (non-hydrogen) atoms. The Balaban J connectivity index is 1.75. The van der Waals surface area contributed by atoms with Gasteiger partial charge in [-0.05, 0) is 22.0 Å². The van der Waals surface area contributed by atoms with Crippen molar-refractivity contribution in [1.82, 2.24) is 4.98 Å². The first-order chi connectivity index (χ1) is 11.6. The first kappa shape index (κ1) is 16.4. The largest absolute Gasteiger partial charge is 0.478 e. The molecule has 120 valence electrons. The highest BCUT2D eigenvalue weighted by Crippen LogP contribution is 2.24. The van der Waals surface area contributed by atoms with Crippen LogP contribution in [0.1, 0.15) is 15.9 Å². The highest BCUT2D eigenvalue weighted by molar-refractivity contribution is 9.10. The van der Waals surface area contributed by atoms with Crippen LogP contribution in [0.5, 0.6) is 0 Å². The number of carboxylic acid groups (broad SMARTS) is 1. The number of aromatic nitrogens is 1. The Morgan fingerprint density at radius 3 is 2.75 bits per heavy atom. The van der Waals surface area contributed by atoms with Crippen LogP contribution in [-0.2, 0) is 0 Å². The van der Waals surface area contributed by atoms with Crippen LogP contribution in [0.3, 0.4) is 0 Å². The number of hydrogen-bond donors (Lipinski definition) is 2. The molecule has 0 atom stereocenters. The Morgan fingerprint density at radius 1 is 1.21 bits per heavy atom. The predicted molar refractivity (Wildman–Crippen MR) is 99.9 cm³/mol. The van der Waals surface area contributed by atoms with E-state index >= 15 is 0 Å². The Kier molecular flexibility index (Phi) is 5.02. The maximum Gasteiger partial charge on any atom is 0.337 e. The van der Waals surface area contributed by atoms with E-state index in [1.165, 1.54) is 17.6 Å². The van der Waals surface area contributed by atoms with Crippen LogP contribution in [0.25, 0.3) is 11.3 Å². The minimum absolute atomic E-state index is 0.173. The third-order valence-electron chi connectivity index (χ3n) is 3.20. The van der Waals surface area contributed by atoms with Crippen molar-refractivity contribution < 1.29 is 9.90 Å². The summed E-state index contributed by atoms with van der Waals surface area (Å²) in [4.78, 5) is 15.8. The van der Waals surface area contributed by atoms with Crippen LogP contribution >= 0.6 is 27.3 Å². The van der Waals surface area contributed by atoms with Gasteiger partial charge in [0.25, 0.3) is 0 Å². The lowest BCUT2D eigenvalue weighted by Gasteiger charge is -2.02. The van der Waals surface area contributed by atoms with Gasteiger partial charge in [0.2, 0.25) is 5.13 Å². The molecular formula is C17H12BrN3O2S. The topological polar surface area (TPSA) is 74.6 Å². The van der Waals surface area contributed by atoms with Gasteiger partial charge in [0.15, 0.2) is 0 Å². The van der Waals surface area contributed by atoms with Crippen LogP contribution in [0, 0.1) is 0 Å². The first-order valence-corrected chi connectivity index (χ1v) is 8.64. The average molecular weight is 402 g/mol. The molecule has 1 heterocycles. The Labute approximate surface area is 150 Å². The van der Waals surface area contributed by atoms with E-state index in [0.717, 1.165) is 11.3 Å². The highest BCUT2D eigenvalue weighted by atomic mass is 79.9. The number of hydrazone groups is 1. The summed E-state index contributed by atoms with van der Waals surface area (Å²) in [5.74, 6) is -1.01. The van der Waals surface area contributed by atoms with E-state index < -0.39 is 5.97 Å². The van der Waals surface area contributed by atoms with E-state index in [1.807, 2.05) is 35.7 Å². The first-order valence-electron chi connectivity index (χ1n) is 6.97. The number of rotatable bonds is 5. The zero-order chi connectivity index (χ0) is 16.9. The molecule has 2 aromatic carbocycles. The molecule has 0 unspecified atom stereocenters. The zero-order valence-corrected chi connectivity index (χ0v) is 14.7. The number of benzene rings is 2. The van der Waals surface area contributed by atoms with Gasteiger partial charge in [-0.1, -0.05) is 42.5 Å². The summed E-state index contributed by atoms with van der Waals surface area (Å²) >= 11 is 4.67. The molecule has 0 bridgehead atoms. The molecule has 0 saturated carbocycles. The lowest BCUT2D eigenvalue weighted by atomic mass is 10.1. The molecule has 5 nitrogen and oxygen atoms in total. The summed E-state index contributed by atoms with van der Waals surface area (Å²) < 4.78 is 0.513. The van der Waals surface area contributed by atoms with Crippen molar-refractivity contribution in [2.75, 3.05) is 5.43 Å². The van der Waals surface area contributed by atoms with Gasteiger partial charge in [0.1, 0.15) is 0 Å². The van der Waals surface area contributed by atoms with E-state index in [1.54, 1.807) is 18.2 Å². The van der Waals surface area contributed by atoms with E-state index in [0.29, 0.717) is 15.2 Å². The molecule has 0 aliphatic rings. The number of carbonyl (C=O) groups is 1. The molecule has 1 aromatic heterocycles. The third kappa shape index (κ3) is 3.69. The van der Waals surface area contributed by atoms with Gasteiger partial charge in [-0.25, -0.2) is 9.78 Å². The van der Waals surface area contributed by atoms with Crippen LogP contribution in [-0.4, -0.2) is 22.3 Å². The van der Waals surface area contributed by atoms with Crippen molar-refractivity contribution in [3.8, 4) is 11.3 Å².